The Morgan fingerprint density at radius 1 is 1.21 bits per heavy atom. The molecule has 154 valence electrons. The predicted molar refractivity (Wildman–Crippen MR) is 120 cm³/mol. The smallest absolute Gasteiger partial charge is 0.264 e. The SMILES string of the molecule is CC(C)Oc1ccc(/C=C2/S/C(=N/N=C3/C[C@H]4CC[C@@]3(C)C4(C)C)NC2=O)cc1. The molecule has 0 spiro atoms. The summed E-state index contributed by atoms with van der Waals surface area (Å²) < 4.78 is 5.66. The minimum absolute atomic E-state index is 0.119. The molecule has 3 aliphatic rings. The maximum atomic E-state index is 12.3. The minimum Gasteiger partial charge on any atom is -0.491 e. The topological polar surface area (TPSA) is 63.1 Å². The van der Waals surface area contributed by atoms with E-state index in [1.807, 2.05) is 44.2 Å². The van der Waals surface area contributed by atoms with Gasteiger partial charge in [-0.3, -0.25) is 10.1 Å². The molecule has 1 aromatic rings. The van der Waals surface area contributed by atoms with Crippen LogP contribution in [0.25, 0.3) is 6.08 Å². The summed E-state index contributed by atoms with van der Waals surface area (Å²) in [7, 11) is 0. The van der Waals surface area contributed by atoms with E-state index >= 15 is 0 Å². The number of benzene rings is 1. The Morgan fingerprint density at radius 3 is 2.52 bits per heavy atom. The van der Waals surface area contributed by atoms with Crippen LogP contribution in [0.5, 0.6) is 5.75 Å². The second-order valence-corrected chi connectivity index (χ2v) is 10.3. The van der Waals surface area contributed by atoms with Gasteiger partial charge in [-0.2, -0.15) is 5.10 Å². The molecule has 1 amide bonds. The molecule has 2 bridgehead atoms. The fourth-order valence-corrected chi connectivity index (χ4v) is 5.50. The van der Waals surface area contributed by atoms with E-state index < -0.39 is 0 Å². The van der Waals surface area contributed by atoms with Crippen LogP contribution in [0.15, 0.2) is 39.4 Å². The van der Waals surface area contributed by atoms with E-state index in [0.717, 1.165) is 17.7 Å². The highest BCUT2D eigenvalue weighted by Gasteiger charge is 2.60. The van der Waals surface area contributed by atoms with Crippen molar-refractivity contribution in [1.82, 2.24) is 5.32 Å². The number of carbonyl (C=O) groups is 1. The zero-order chi connectivity index (χ0) is 20.8. The van der Waals surface area contributed by atoms with Crippen molar-refractivity contribution in [3.05, 3.63) is 34.7 Å². The third kappa shape index (κ3) is 3.63. The largest absolute Gasteiger partial charge is 0.491 e. The van der Waals surface area contributed by atoms with Gasteiger partial charge in [0.1, 0.15) is 5.75 Å². The van der Waals surface area contributed by atoms with Crippen LogP contribution in [0, 0.1) is 16.7 Å². The molecule has 1 heterocycles. The summed E-state index contributed by atoms with van der Waals surface area (Å²) in [6.07, 6.45) is 5.48. The van der Waals surface area contributed by atoms with Crippen LogP contribution in [-0.4, -0.2) is 22.9 Å². The molecule has 1 aromatic carbocycles. The van der Waals surface area contributed by atoms with Crippen molar-refractivity contribution in [3.8, 4) is 5.75 Å². The van der Waals surface area contributed by atoms with Crippen LogP contribution < -0.4 is 10.1 Å². The highest BCUT2D eigenvalue weighted by atomic mass is 32.2. The Morgan fingerprint density at radius 2 is 1.93 bits per heavy atom. The van der Waals surface area contributed by atoms with Crippen molar-refractivity contribution in [2.24, 2.45) is 27.0 Å². The molecule has 5 nitrogen and oxygen atoms in total. The first-order valence-corrected chi connectivity index (χ1v) is 11.1. The lowest BCUT2D eigenvalue weighted by atomic mass is 9.70. The third-order valence-corrected chi connectivity index (χ3v) is 7.87. The minimum atomic E-state index is -0.129. The number of carbonyl (C=O) groups excluding carboxylic acids is 1. The number of fused-ring (bicyclic) bond motifs is 2. The number of rotatable bonds is 4. The van der Waals surface area contributed by atoms with Crippen LogP contribution >= 0.6 is 11.8 Å². The monoisotopic (exact) mass is 411 g/mol. The van der Waals surface area contributed by atoms with E-state index in [1.54, 1.807) is 0 Å². The van der Waals surface area contributed by atoms with Gasteiger partial charge in [-0.1, -0.05) is 32.9 Å². The summed E-state index contributed by atoms with van der Waals surface area (Å²) in [5.74, 6) is 1.39. The van der Waals surface area contributed by atoms with E-state index in [0.29, 0.717) is 16.0 Å². The van der Waals surface area contributed by atoms with Crippen molar-refractivity contribution in [2.75, 3.05) is 0 Å². The van der Waals surface area contributed by atoms with E-state index in [2.05, 4.69) is 36.3 Å². The lowest BCUT2D eigenvalue weighted by Gasteiger charge is -2.34. The van der Waals surface area contributed by atoms with Crippen LogP contribution in [-0.2, 0) is 4.79 Å². The van der Waals surface area contributed by atoms with Gasteiger partial charge in [-0.15, -0.1) is 5.10 Å². The molecule has 3 fully saturated rings. The molecule has 2 saturated carbocycles. The number of nitrogens with zero attached hydrogens (tertiary/aromatic N) is 2. The first-order valence-electron chi connectivity index (χ1n) is 10.3. The lowest BCUT2D eigenvalue weighted by molar-refractivity contribution is -0.115. The van der Waals surface area contributed by atoms with Gasteiger partial charge in [0.2, 0.25) is 0 Å². The number of ether oxygens (including phenoxy) is 1. The Hall–Kier alpha value is -2.08. The molecule has 0 unspecified atom stereocenters. The van der Waals surface area contributed by atoms with Crippen molar-refractivity contribution < 1.29 is 9.53 Å². The first kappa shape index (κ1) is 20.2. The van der Waals surface area contributed by atoms with E-state index in [9.17, 15) is 4.79 Å². The summed E-state index contributed by atoms with van der Waals surface area (Å²) in [6, 6.07) is 7.74. The summed E-state index contributed by atoms with van der Waals surface area (Å²) in [5, 5.41) is 12.4. The Balaban J connectivity index is 1.48. The van der Waals surface area contributed by atoms with Crippen LogP contribution in [0.1, 0.15) is 59.4 Å². The Bertz CT molecular complexity index is 915. The van der Waals surface area contributed by atoms with Crippen molar-refractivity contribution >= 4 is 34.6 Å². The van der Waals surface area contributed by atoms with Gasteiger partial charge in [0.05, 0.1) is 11.0 Å². The number of thioether (sulfide) groups is 1. The Labute approximate surface area is 177 Å². The van der Waals surface area contributed by atoms with Gasteiger partial charge >= 0.3 is 0 Å². The summed E-state index contributed by atoms with van der Waals surface area (Å²) >= 11 is 1.34. The molecular formula is C23H29N3O2S. The molecule has 2 atom stereocenters. The summed E-state index contributed by atoms with van der Waals surface area (Å²) in [4.78, 5) is 13.0. The van der Waals surface area contributed by atoms with Gasteiger partial charge in [0.15, 0.2) is 5.17 Å². The molecule has 0 radical (unpaired) electrons. The maximum Gasteiger partial charge on any atom is 0.264 e. The third-order valence-electron chi connectivity index (χ3n) is 6.97. The molecule has 0 aromatic heterocycles. The zero-order valence-corrected chi connectivity index (χ0v) is 18.6. The second kappa shape index (κ2) is 7.31. The number of amidine groups is 1. The predicted octanol–water partition coefficient (Wildman–Crippen LogP) is 5.24. The number of amides is 1. The van der Waals surface area contributed by atoms with Gasteiger partial charge in [-0.05, 0) is 80.0 Å². The molecule has 29 heavy (non-hydrogen) atoms. The van der Waals surface area contributed by atoms with E-state index in [4.69, 9.17) is 4.74 Å². The summed E-state index contributed by atoms with van der Waals surface area (Å²) in [5.41, 5.74) is 2.52. The molecule has 4 rings (SSSR count). The molecule has 1 N–H and O–H groups in total. The maximum absolute atomic E-state index is 12.3. The zero-order valence-electron chi connectivity index (χ0n) is 17.8. The van der Waals surface area contributed by atoms with Gasteiger partial charge in [0.25, 0.3) is 5.91 Å². The van der Waals surface area contributed by atoms with Crippen LogP contribution in [0.3, 0.4) is 0 Å². The number of hydrogen-bond donors (Lipinski definition) is 1. The normalized spacial score (nSPS) is 32.0. The summed E-state index contributed by atoms with van der Waals surface area (Å²) in [6.45, 7) is 11.0. The number of hydrogen-bond acceptors (Lipinski definition) is 5. The van der Waals surface area contributed by atoms with Crippen molar-refractivity contribution in [1.29, 1.82) is 0 Å². The quantitative estimate of drug-likeness (QED) is 0.545. The van der Waals surface area contributed by atoms with Crippen molar-refractivity contribution in [3.63, 3.8) is 0 Å². The average Bonchev–Trinajstić information content (AvgIpc) is 3.18. The van der Waals surface area contributed by atoms with E-state index in [1.165, 1.54) is 30.3 Å². The average molecular weight is 412 g/mol. The number of nitrogens with one attached hydrogen (secondary N) is 1. The molecule has 6 heteroatoms. The fraction of sp³-hybridized carbons (Fsp3) is 0.522. The fourth-order valence-electron chi connectivity index (χ4n) is 4.73. The van der Waals surface area contributed by atoms with Gasteiger partial charge < -0.3 is 4.74 Å². The molecule has 1 aliphatic heterocycles. The molecule has 2 aliphatic carbocycles. The van der Waals surface area contributed by atoms with E-state index in [-0.39, 0.29) is 22.8 Å². The standard InChI is InChI=1S/C23H29N3O2S/c1-14(2)28-17-8-6-15(7-9-17)12-18-20(27)24-21(29-18)26-25-19-13-16-10-11-23(19,5)22(16,3)4/h6-9,12,14,16H,10-11,13H2,1-5H3,(H,24,26,27)/b18-12+,25-19-/t16-,23-/m1/s1. The van der Waals surface area contributed by atoms with Gasteiger partial charge in [-0.25, -0.2) is 0 Å². The first-order chi connectivity index (χ1) is 13.7. The lowest BCUT2D eigenvalue weighted by Crippen LogP contribution is -2.32. The Kier molecular flexibility index (Phi) is 5.09. The van der Waals surface area contributed by atoms with Crippen molar-refractivity contribution in [2.45, 2.75) is 60.0 Å². The van der Waals surface area contributed by atoms with Crippen LogP contribution in [0.2, 0.25) is 0 Å². The van der Waals surface area contributed by atoms with Gasteiger partial charge in [0, 0.05) is 11.1 Å². The van der Waals surface area contributed by atoms with Crippen LogP contribution in [0.4, 0.5) is 0 Å². The molecule has 1 saturated heterocycles. The highest BCUT2D eigenvalue weighted by molar-refractivity contribution is 8.18. The highest BCUT2D eigenvalue weighted by Crippen LogP contribution is 2.64. The molecular weight excluding hydrogens is 382 g/mol. The second-order valence-electron chi connectivity index (χ2n) is 9.25.